The first-order valence-corrected chi connectivity index (χ1v) is 8.26. The number of fused-ring (bicyclic) bond motifs is 1. The van der Waals surface area contributed by atoms with Gasteiger partial charge in [-0.2, -0.15) is 5.26 Å². The maximum atomic E-state index is 12.0. The highest BCUT2D eigenvalue weighted by Crippen LogP contribution is 2.24. The van der Waals surface area contributed by atoms with E-state index in [1.54, 1.807) is 39.8 Å². The molecule has 1 unspecified atom stereocenters. The topological polar surface area (TPSA) is 127 Å². The molecule has 26 heavy (non-hydrogen) atoms. The summed E-state index contributed by atoms with van der Waals surface area (Å²) in [5.74, 6) is 0.413. The Labute approximate surface area is 153 Å². The van der Waals surface area contributed by atoms with Crippen molar-refractivity contribution in [3.63, 3.8) is 0 Å². The summed E-state index contributed by atoms with van der Waals surface area (Å²) in [6.07, 6.45) is -0.588. The number of ether oxygens (including phenoxy) is 2. The minimum absolute atomic E-state index is 0.0430. The van der Waals surface area contributed by atoms with Crippen molar-refractivity contribution in [2.24, 2.45) is 5.73 Å². The molecule has 0 spiro atoms. The highest BCUT2D eigenvalue weighted by Gasteiger charge is 2.32. The molecule has 4 N–H and O–H groups in total. The van der Waals surface area contributed by atoms with E-state index >= 15 is 0 Å². The molecule has 1 heterocycles. The average Bonchev–Trinajstić information content (AvgIpc) is 2.91. The monoisotopic (exact) mass is 361 g/mol. The van der Waals surface area contributed by atoms with Crippen molar-refractivity contribution in [1.82, 2.24) is 5.32 Å². The van der Waals surface area contributed by atoms with E-state index in [-0.39, 0.29) is 19.8 Å². The first-order chi connectivity index (χ1) is 12.0. The number of nitrogens with zero attached hydrogens (tertiary/aromatic N) is 1. The highest BCUT2D eigenvalue weighted by molar-refractivity contribution is 6.62. The van der Waals surface area contributed by atoms with Gasteiger partial charge >= 0.3 is 13.2 Å². The van der Waals surface area contributed by atoms with Crippen molar-refractivity contribution in [3.8, 4) is 11.8 Å². The number of nitrogens with two attached hydrogens (primary N) is 1. The Morgan fingerprint density at radius 3 is 2.77 bits per heavy atom. The van der Waals surface area contributed by atoms with Crippen LogP contribution in [-0.4, -0.2) is 36.0 Å². The van der Waals surface area contributed by atoms with E-state index in [1.165, 1.54) is 0 Å². The van der Waals surface area contributed by atoms with Crippen molar-refractivity contribution >= 4 is 18.7 Å². The lowest BCUT2D eigenvalue weighted by Gasteiger charge is -2.22. The van der Waals surface area contributed by atoms with Gasteiger partial charge in [-0.15, -0.1) is 0 Å². The predicted octanol–water partition coefficient (Wildman–Crippen LogP) is 0.549. The second-order valence-electron chi connectivity index (χ2n) is 7.45. The minimum Gasteiger partial charge on any atom is -0.490 e. The summed E-state index contributed by atoms with van der Waals surface area (Å²) in [5.41, 5.74) is 5.93. The fraction of sp³-hybridized carbons (Fsp3) is 0.529. The van der Waals surface area contributed by atoms with E-state index in [1.807, 2.05) is 6.07 Å². The van der Waals surface area contributed by atoms with Gasteiger partial charge in [-0.25, -0.2) is 4.79 Å². The van der Waals surface area contributed by atoms with Gasteiger partial charge in [0.15, 0.2) is 0 Å². The molecule has 0 radical (unpaired) electrons. The van der Waals surface area contributed by atoms with Crippen LogP contribution >= 0.6 is 0 Å². The van der Waals surface area contributed by atoms with E-state index in [0.717, 1.165) is 5.56 Å². The molecule has 0 fully saturated rings. The second kappa shape index (κ2) is 7.54. The highest BCUT2D eigenvalue weighted by atomic mass is 16.6. The molecule has 0 bridgehead atoms. The lowest BCUT2D eigenvalue weighted by molar-refractivity contribution is 0.0523. The van der Waals surface area contributed by atoms with Crippen LogP contribution in [0.5, 0.6) is 5.75 Å². The van der Waals surface area contributed by atoms with E-state index in [2.05, 4.69) is 5.32 Å². The van der Waals surface area contributed by atoms with Crippen LogP contribution in [0.1, 0.15) is 38.8 Å². The van der Waals surface area contributed by atoms with E-state index in [0.29, 0.717) is 16.8 Å². The molecule has 140 valence electrons. The van der Waals surface area contributed by atoms with Crippen LogP contribution < -0.4 is 21.3 Å². The van der Waals surface area contributed by atoms with Gasteiger partial charge < -0.3 is 30.2 Å². The van der Waals surface area contributed by atoms with Gasteiger partial charge in [0.2, 0.25) is 0 Å². The molecule has 0 saturated heterocycles. The van der Waals surface area contributed by atoms with E-state index in [9.17, 15) is 9.82 Å². The van der Waals surface area contributed by atoms with Crippen LogP contribution in [0.15, 0.2) is 12.1 Å². The normalized spacial score (nSPS) is 15.7. The molecule has 0 aliphatic carbocycles. The predicted molar refractivity (Wildman–Crippen MR) is 95.6 cm³/mol. The molecule has 1 amide bonds. The van der Waals surface area contributed by atoms with Crippen molar-refractivity contribution in [2.45, 2.75) is 52.0 Å². The Bertz CT molecular complexity index is 724. The summed E-state index contributed by atoms with van der Waals surface area (Å²) < 4.78 is 16.2. The zero-order valence-corrected chi connectivity index (χ0v) is 15.5. The fourth-order valence-electron chi connectivity index (χ4n) is 2.43. The molecule has 1 atom stereocenters. The molecule has 0 saturated carbocycles. The lowest BCUT2D eigenvalue weighted by atomic mass is 9.76. The zero-order chi connectivity index (χ0) is 19.5. The Kier molecular flexibility index (Phi) is 5.81. The van der Waals surface area contributed by atoms with Gasteiger partial charge in [0.05, 0.1) is 12.7 Å². The second-order valence-corrected chi connectivity index (χ2v) is 7.45. The molecule has 1 aliphatic heterocycles. The Balaban J connectivity index is 2.22. The molecular weight excluding hydrogens is 337 g/mol. The van der Waals surface area contributed by atoms with Crippen LogP contribution in [0, 0.1) is 11.3 Å². The van der Waals surface area contributed by atoms with Crippen LogP contribution in [-0.2, 0) is 22.5 Å². The van der Waals surface area contributed by atoms with Crippen LogP contribution in [0.4, 0.5) is 4.79 Å². The maximum Gasteiger partial charge on any atom is 0.492 e. The lowest BCUT2D eigenvalue weighted by Crippen LogP contribution is -2.41. The number of carbonyl (C=O) groups excluding carboxylic acids is 1. The maximum absolute atomic E-state index is 12.0. The first-order valence-electron chi connectivity index (χ1n) is 8.26. The standard InChI is InChI=1S/C17H24BN3O5/c1-16(2,3)26-15(22)21-7-12-13(24-10-17(4,20)9-19)6-5-11-8-25-18(23)14(11)12/h5-6,23H,7-8,10,20H2,1-4H3,(H,21,22). The number of rotatable bonds is 5. The third kappa shape index (κ3) is 5.11. The third-order valence-electron chi connectivity index (χ3n) is 3.64. The van der Waals surface area contributed by atoms with Gasteiger partial charge in [0, 0.05) is 12.1 Å². The summed E-state index contributed by atoms with van der Waals surface area (Å²) in [6.45, 7) is 7.15. The molecule has 8 nitrogen and oxygen atoms in total. The number of alkyl carbamates (subject to hydrolysis) is 1. The van der Waals surface area contributed by atoms with Crippen LogP contribution in [0.3, 0.4) is 0 Å². The number of amides is 1. The quantitative estimate of drug-likeness (QED) is 0.654. The van der Waals surface area contributed by atoms with Crippen LogP contribution in [0.25, 0.3) is 0 Å². The van der Waals surface area contributed by atoms with Gasteiger partial charge in [-0.3, -0.25) is 0 Å². The summed E-state index contributed by atoms with van der Waals surface area (Å²) >= 11 is 0. The number of nitrogens with one attached hydrogen (secondary N) is 1. The Hall–Kier alpha value is -2.28. The minimum atomic E-state index is -1.16. The van der Waals surface area contributed by atoms with Crippen molar-refractivity contribution in [2.75, 3.05) is 6.61 Å². The van der Waals surface area contributed by atoms with Crippen molar-refractivity contribution in [1.29, 1.82) is 5.26 Å². The van der Waals surface area contributed by atoms with E-state index in [4.69, 9.17) is 25.1 Å². The third-order valence-corrected chi connectivity index (χ3v) is 3.64. The molecule has 2 rings (SSSR count). The van der Waals surface area contributed by atoms with Gasteiger partial charge in [-0.05, 0) is 44.8 Å². The molecule has 0 aromatic heterocycles. The van der Waals surface area contributed by atoms with Gasteiger partial charge in [-0.1, -0.05) is 6.07 Å². The number of hydrogen-bond acceptors (Lipinski definition) is 7. The fourth-order valence-corrected chi connectivity index (χ4v) is 2.43. The van der Waals surface area contributed by atoms with Crippen molar-refractivity contribution in [3.05, 3.63) is 23.3 Å². The van der Waals surface area contributed by atoms with Gasteiger partial charge in [0.1, 0.15) is 23.5 Å². The molecule has 1 aromatic carbocycles. The summed E-state index contributed by atoms with van der Waals surface area (Å²) in [5, 5.41) is 21.8. The molecule has 1 aromatic rings. The van der Waals surface area contributed by atoms with Crippen molar-refractivity contribution < 1.29 is 23.9 Å². The van der Waals surface area contributed by atoms with Gasteiger partial charge in [0.25, 0.3) is 0 Å². The molecule has 9 heteroatoms. The van der Waals surface area contributed by atoms with Crippen LogP contribution in [0.2, 0.25) is 0 Å². The largest absolute Gasteiger partial charge is 0.492 e. The SMILES string of the molecule is CC(N)(C#N)COc1ccc2c(c1CNC(=O)OC(C)(C)C)B(O)OC2. The number of benzene rings is 1. The smallest absolute Gasteiger partial charge is 0.490 e. The number of hydrogen-bond donors (Lipinski definition) is 3. The van der Waals surface area contributed by atoms with E-state index < -0.39 is 24.4 Å². The molecule has 1 aliphatic rings. The Morgan fingerprint density at radius 2 is 2.15 bits per heavy atom. The Morgan fingerprint density at radius 1 is 1.46 bits per heavy atom. The first kappa shape index (κ1) is 20.0. The summed E-state index contributed by atoms with van der Waals surface area (Å²) in [4.78, 5) is 12.0. The zero-order valence-electron chi connectivity index (χ0n) is 15.5. The average molecular weight is 361 g/mol. The summed E-state index contributed by atoms with van der Waals surface area (Å²) in [7, 11) is -1.11. The molecular formula is C17H24BN3O5. The number of nitriles is 1. The number of carbonyl (C=O) groups is 1. The summed E-state index contributed by atoms with van der Waals surface area (Å²) in [6, 6.07) is 5.44.